The Labute approximate surface area is 136 Å². The summed E-state index contributed by atoms with van der Waals surface area (Å²) in [5, 5.41) is 14.9. The molecule has 0 saturated carbocycles. The van der Waals surface area contributed by atoms with Crippen LogP contribution in [0.25, 0.3) is 0 Å². The summed E-state index contributed by atoms with van der Waals surface area (Å²) < 4.78 is 0. The van der Waals surface area contributed by atoms with E-state index in [2.05, 4.69) is 29.3 Å². The summed E-state index contributed by atoms with van der Waals surface area (Å²) in [6.07, 6.45) is 1.59. The van der Waals surface area contributed by atoms with Gasteiger partial charge in [-0.3, -0.25) is 5.43 Å². The molecule has 0 radical (unpaired) electrons. The van der Waals surface area contributed by atoms with Crippen molar-refractivity contribution < 1.29 is 5.11 Å². The predicted molar refractivity (Wildman–Crippen MR) is 94.3 cm³/mol. The van der Waals surface area contributed by atoms with Crippen LogP contribution in [0.15, 0.2) is 47.6 Å². The number of phenolic OH excluding ortho intramolecular Hbond substituents is 1. The van der Waals surface area contributed by atoms with Gasteiger partial charge in [-0.05, 0) is 50.2 Å². The van der Waals surface area contributed by atoms with Crippen LogP contribution < -0.4 is 10.3 Å². The van der Waals surface area contributed by atoms with Crippen molar-refractivity contribution in [2.24, 2.45) is 5.10 Å². The molecule has 2 aromatic carbocycles. The maximum atomic E-state index is 10.1. The van der Waals surface area contributed by atoms with Gasteiger partial charge in [-0.1, -0.05) is 11.6 Å². The Morgan fingerprint density at radius 3 is 2.41 bits per heavy atom. The van der Waals surface area contributed by atoms with E-state index < -0.39 is 0 Å². The molecule has 0 aliphatic heterocycles. The molecule has 0 fully saturated rings. The monoisotopic (exact) mass is 317 g/mol. The quantitative estimate of drug-likeness (QED) is 0.615. The number of nitrogens with one attached hydrogen (secondary N) is 1. The lowest BCUT2D eigenvalue weighted by Gasteiger charge is -2.21. The summed E-state index contributed by atoms with van der Waals surface area (Å²) in [6.45, 7) is 5.99. The van der Waals surface area contributed by atoms with E-state index in [-0.39, 0.29) is 5.75 Å². The molecular weight excluding hydrogens is 298 g/mol. The second-order valence-corrected chi connectivity index (χ2v) is 5.23. The first-order chi connectivity index (χ1) is 10.6. The molecule has 0 saturated heterocycles. The van der Waals surface area contributed by atoms with Crippen molar-refractivity contribution >= 4 is 29.2 Å². The van der Waals surface area contributed by atoms with Gasteiger partial charge in [0.1, 0.15) is 5.75 Å². The van der Waals surface area contributed by atoms with Gasteiger partial charge in [0.2, 0.25) is 0 Å². The largest absolute Gasteiger partial charge is 0.507 e. The van der Waals surface area contributed by atoms with Crippen LogP contribution in [-0.2, 0) is 0 Å². The number of hydrogen-bond donors (Lipinski definition) is 2. The fourth-order valence-electron chi connectivity index (χ4n) is 2.13. The summed E-state index contributed by atoms with van der Waals surface area (Å²) in [7, 11) is 0. The smallest absolute Gasteiger partial charge is 0.126 e. The maximum Gasteiger partial charge on any atom is 0.126 e. The molecule has 0 aliphatic carbocycles. The third-order valence-electron chi connectivity index (χ3n) is 3.38. The lowest BCUT2D eigenvalue weighted by molar-refractivity contribution is 0.474. The summed E-state index contributed by atoms with van der Waals surface area (Å²) in [6, 6.07) is 12.8. The molecule has 0 aromatic heterocycles. The van der Waals surface area contributed by atoms with Crippen LogP contribution in [0.1, 0.15) is 19.4 Å². The number of rotatable bonds is 6. The van der Waals surface area contributed by atoms with Gasteiger partial charge < -0.3 is 10.0 Å². The third-order valence-corrected chi connectivity index (χ3v) is 3.64. The average Bonchev–Trinajstić information content (AvgIpc) is 2.52. The molecular formula is C17H20ClN3O. The molecule has 0 atom stereocenters. The molecule has 2 N–H and O–H groups in total. The highest BCUT2D eigenvalue weighted by Gasteiger charge is 2.05. The highest BCUT2D eigenvalue weighted by Crippen LogP contribution is 2.23. The molecule has 0 unspecified atom stereocenters. The fourth-order valence-corrected chi connectivity index (χ4v) is 2.25. The van der Waals surface area contributed by atoms with Crippen LogP contribution in [0.4, 0.5) is 11.4 Å². The van der Waals surface area contributed by atoms with Crippen molar-refractivity contribution in [2.45, 2.75) is 13.8 Å². The van der Waals surface area contributed by atoms with Crippen LogP contribution in [0.2, 0.25) is 5.02 Å². The summed E-state index contributed by atoms with van der Waals surface area (Å²) >= 11 is 5.82. The summed E-state index contributed by atoms with van der Waals surface area (Å²) in [4.78, 5) is 2.17. The lowest BCUT2D eigenvalue weighted by Crippen LogP contribution is -2.21. The van der Waals surface area contributed by atoms with Gasteiger partial charge in [0.25, 0.3) is 0 Å². The van der Waals surface area contributed by atoms with Gasteiger partial charge in [-0.25, -0.2) is 0 Å². The molecule has 0 spiro atoms. The Bertz CT molecular complexity index is 637. The van der Waals surface area contributed by atoms with Gasteiger partial charge in [-0.15, -0.1) is 0 Å². The van der Waals surface area contributed by atoms with Gasteiger partial charge in [0.05, 0.1) is 11.9 Å². The summed E-state index contributed by atoms with van der Waals surface area (Å²) in [5.41, 5.74) is 5.40. The Hall–Kier alpha value is -2.20. The first-order valence-corrected chi connectivity index (χ1v) is 7.64. The molecule has 5 heteroatoms. The van der Waals surface area contributed by atoms with Gasteiger partial charge >= 0.3 is 0 Å². The summed E-state index contributed by atoms with van der Waals surface area (Å²) in [5.74, 6) is 0.214. The van der Waals surface area contributed by atoms with Gasteiger partial charge in [0, 0.05) is 35.4 Å². The zero-order valence-electron chi connectivity index (χ0n) is 12.8. The Morgan fingerprint density at radius 1 is 1.14 bits per heavy atom. The second kappa shape index (κ2) is 7.71. The minimum Gasteiger partial charge on any atom is -0.507 e. The van der Waals surface area contributed by atoms with Crippen LogP contribution in [0.3, 0.4) is 0 Å². The number of nitrogens with zero attached hydrogens (tertiary/aromatic N) is 2. The normalized spacial score (nSPS) is 10.9. The van der Waals surface area contributed by atoms with E-state index in [0.29, 0.717) is 10.6 Å². The van der Waals surface area contributed by atoms with Crippen LogP contribution in [0.5, 0.6) is 5.75 Å². The average molecular weight is 318 g/mol. The standard InChI is InChI=1S/C17H20ClN3O/c1-3-21(4-2)16-10-5-13(17(22)11-16)12-19-20-15-8-6-14(18)7-9-15/h5-12,20,22H,3-4H2,1-2H3. The van der Waals surface area contributed by atoms with Crippen molar-refractivity contribution in [3.8, 4) is 5.75 Å². The second-order valence-electron chi connectivity index (χ2n) is 4.79. The lowest BCUT2D eigenvalue weighted by atomic mass is 10.2. The first kappa shape index (κ1) is 16.2. The van der Waals surface area contributed by atoms with E-state index in [0.717, 1.165) is 24.5 Å². The molecule has 0 amide bonds. The van der Waals surface area contributed by atoms with Crippen molar-refractivity contribution in [1.82, 2.24) is 0 Å². The van der Waals surface area contributed by atoms with E-state index in [1.807, 2.05) is 24.3 Å². The number of hydrogen-bond acceptors (Lipinski definition) is 4. The fraction of sp³-hybridized carbons (Fsp3) is 0.235. The highest BCUT2D eigenvalue weighted by molar-refractivity contribution is 6.30. The number of aromatic hydroxyl groups is 1. The number of hydrazone groups is 1. The molecule has 0 bridgehead atoms. The molecule has 4 nitrogen and oxygen atoms in total. The number of halogens is 1. The van der Waals surface area contributed by atoms with Crippen molar-refractivity contribution in [1.29, 1.82) is 0 Å². The Kier molecular flexibility index (Phi) is 5.67. The van der Waals surface area contributed by atoms with Crippen molar-refractivity contribution in [3.63, 3.8) is 0 Å². The Balaban J connectivity index is 2.06. The molecule has 0 aliphatic rings. The van der Waals surface area contributed by atoms with E-state index in [4.69, 9.17) is 11.6 Å². The molecule has 2 rings (SSSR count). The zero-order chi connectivity index (χ0) is 15.9. The zero-order valence-corrected chi connectivity index (χ0v) is 13.5. The third kappa shape index (κ3) is 4.15. The highest BCUT2D eigenvalue weighted by atomic mass is 35.5. The SMILES string of the molecule is CCN(CC)c1ccc(C=NNc2ccc(Cl)cc2)c(O)c1. The minimum absolute atomic E-state index is 0.214. The number of phenols is 1. The first-order valence-electron chi connectivity index (χ1n) is 7.26. The minimum atomic E-state index is 0.214. The molecule has 116 valence electrons. The predicted octanol–water partition coefficient (Wildman–Crippen LogP) is 4.34. The van der Waals surface area contributed by atoms with Crippen LogP contribution >= 0.6 is 11.6 Å². The van der Waals surface area contributed by atoms with E-state index in [1.54, 1.807) is 24.4 Å². The van der Waals surface area contributed by atoms with Gasteiger partial charge in [-0.2, -0.15) is 5.10 Å². The van der Waals surface area contributed by atoms with Crippen molar-refractivity contribution in [2.75, 3.05) is 23.4 Å². The Morgan fingerprint density at radius 2 is 1.82 bits per heavy atom. The van der Waals surface area contributed by atoms with Crippen LogP contribution in [-0.4, -0.2) is 24.4 Å². The van der Waals surface area contributed by atoms with E-state index >= 15 is 0 Å². The number of benzene rings is 2. The van der Waals surface area contributed by atoms with E-state index in [1.165, 1.54) is 0 Å². The maximum absolute atomic E-state index is 10.1. The van der Waals surface area contributed by atoms with Crippen LogP contribution in [0, 0.1) is 0 Å². The molecule has 0 heterocycles. The van der Waals surface area contributed by atoms with Crippen molar-refractivity contribution in [3.05, 3.63) is 53.1 Å². The van der Waals surface area contributed by atoms with Gasteiger partial charge in [0.15, 0.2) is 0 Å². The number of anilines is 2. The van der Waals surface area contributed by atoms with E-state index in [9.17, 15) is 5.11 Å². The molecule has 2 aromatic rings. The molecule has 22 heavy (non-hydrogen) atoms. The topological polar surface area (TPSA) is 47.9 Å².